The topological polar surface area (TPSA) is 152 Å². The normalized spacial score (nSPS) is 22.1. The first kappa shape index (κ1) is 19.3. The standard InChI is InChI=1S/C18H21N3O6/c1-7-3-9-10(5-12(23)16(25)13(24)6-22)14-15(17(26)21-18(27)20-14)19-11(9)4-8(7)2/h3-4,10,12-13,16,22-25H,5-6H2,1-2H3,(H,21,26,27). The first-order valence-corrected chi connectivity index (χ1v) is 8.52. The van der Waals surface area contributed by atoms with Crippen LogP contribution >= 0.6 is 0 Å². The Labute approximate surface area is 155 Å². The number of amides is 3. The molecule has 5 N–H and O–H groups in total. The van der Waals surface area contributed by atoms with E-state index < -0.39 is 42.8 Å². The second-order valence-corrected chi connectivity index (χ2v) is 6.81. The van der Waals surface area contributed by atoms with E-state index in [0.29, 0.717) is 11.3 Å². The molecule has 0 fully saturated rings. The molecule has 0 saturated heterocycles. The summed E-state index contributed by atoms with van der Waals surface area (Å²) in [5.74, 6) is -1.36. The molecule has 4 atom stereocenters. The fourth-order valence-corrected chi connectivity index (χ4v) is 3.26. The molecule has 0 saturated carbocycles. The van der Waals surface area contributed by atoms with Crippen molar-refractivity contribution in [2.45, 2.75) is 44.5 Å². The summed E-state index contributed by atoms with van der Waals surface area (Å²) in [6.45, 7) is 3.08. The number of imide groups is 1. The summed E-state index contributed by atoms with van der Waals surface area (Å²) >= 11 is 0. The Morgan fingerprint density at radius 2 is 1.74 bits per heavy atom. The molecule has 27 heavy (non-hydrogen) atoms. The summed E-state index contributed by atoms with van der Waals surface area (Å²) in [5, 5.41) is 41.0. The van der Waals surface area contributed by atoms with E-state index in [1.807, 2.05) is 19.9 Å². The second-order valence-electron chi connectivity index (χ2n) is 6.81. The molecule has 3 rings (SSSR count). The van der Waals surface area contributed by atoms with E-state index in [0.717, 1.165) is 11.1 Å². The maximum atomic E-state index is 12.2. The van der Waals surface area contributed by atoms with E-state index in [-0.39, 0.29) is 17.8 Å². The van der Waals surface area contributed by atoms with Gasteiger partial charge in [-0.15, -0.1) is 0 Å². The van der Waals surface area contributed by atoms with Crippen molar-refractivity contribution in [2.75, 3.05) is 6.61 Å². The molecule has 0 bridgehead atoms. The highest BCUT2D eigenvalue weighted by Crippen LogP contribution is 2.39. The molecule has 0 aliphatic carbocycles. The SMILES string of the molecule is Cc1cc2c(cc1C)C(CC(O)C(O)C(O)CO)C1=NC(=O)NC(=O)C1=N2. The highest BCUT2D eigenvalue weighted by molar-refractivity contribution is 6.71. The van der Waals surface area contributed by atoms with Gasteiger partial charge in [-0.25, -0.2) is 9.79 Å². The molecule has 0 aromatic heterocycles. The van der Waals surface area contributed by atoms with E-state index in [4.69, 9.17) is 5.11 Å². The number of aliphatic hydroxyl groups excluding tert-OH is 4. The number of benzene rings is 1. The molecule has 1 aromatic rings. The first-order valence-electron chi connectivity index (χ1n) is 8.52. The number of carbonyl (C=O) groups is 2. The summed E-state index contributed by atoms with van der Waals surface area (Å²) in [4.78, 5) is 32.1. The Balaban J connectivity index is 2.07. The summed E-state index contributed by atoms with van der Waals surface area (Å²) in [7, 11) is 0. The Morgan fingerprint density at radius 1 is 1.07 bits per heavy atom. The minimum Gasteiger partial charge on any atom is -0.394 e. The fourth-order valence-electron chi connectivity index (χ4n) is 3.26. The van der Waals surface area contributed by atoms with Crippen LogP contribution in [0, 0.1) is 13.8 Å². The molecule has 2 aliphatic heterocycles. The number of aliphatic imine (C=N–C) groups is 2. The lowest BCUT2D eigenvalue weighted by Crippen LogP contribution is -2.48. The molecule has 0 spiro atoms. The van der Waals surface area contributed by atoms with Crippen LogP contribution in [0.3, 0.4) is 0 Å². The van der Waals surface area contributed by atoms with Crippen LogP contribution in [0.15, 0.2) is 22.1 Å². The number of carbonyl (C=O) groups excluding carboxylic acids is 2. The maximum Gasteiger partial charge on any atom is 0.348 e. The molecule has 144 valence electrons. The molecular weight excluding hydrogens is 354 g/mol. The third-order valence-corrected chi connectivity index (χ3v) is 4.93. The van der Waals surface area contributed by atoms with Crippen molar-refractivity contribution < 1.29 is 30.0 Å². The quantitative estimate of drug-likeness (QED) is 0.473. The number of aryl methyl sites for hydroxylation is 2. The molecular formula is C18H21N3O6. The summed E-state index contributed by atoms with van der Waals surface area (Å²) < 4.78 is 0. The van der Waals surface area contributed by atoms with E-state index in [9.17, 15) is 24.9 Å². The molecule has 3 amide bonds. The van der Waals surface area contributed by atoms with Crippen molar-refractivity contribution in [3.05, 3.63) is 28.8 Å². The van der Waals surface area contributed by atoms with Crippen molar-refractivity contribution in [2.24, 2.45) is 9.98 Å². The van der Waals surface area contributed by atoms with E-state index in [1.165, 1.54) is 0 Å². The largest absolute Gasteiger partial charge is 0.394 e. The summed E-state index contributed by atoms with van der Waals surface area (Å²) in [5.41, 5.74) is 3.19. The van der Waals surface area contributed by atoms with Gasteiger partial charge in [0.05, 0.1) is 24.1 Å². The predicted octanol–water partition coefficient (Wildman–Crippen LogP) is -0.371. The third-order valence-electron chi connectivity index (χ3n) is 4.93. The van der Waals surface area contributed by atoms with Crippen LogP contribution in [-0.2, 0) is 4.79 Å². The molecule has 0 radical (unpaired) electrons. The highest BCUT2D eigenvalue weighted by Gasteiger charge is 2.39. The monoisotopic (exact) mass is 375 g/mol. The van der Waals surface area contributed by atoms with Gasteiger partial charge in [0.25, 0.3) is 5.91 Å². The Morgan fingerprint density at radius 3 is 2.41 bits per heavy atom. The number of rotatable bonds is 5. The van der Waals surface area contributed by atoms with Crippen LogP contribution in [0.4, 0.5) is 10.5 Å². The van der Waals surface area contributed by atoms with Crippen molar-refractivity contribution in [1.82, 2.24) is 5.32 Å². The van der Waals surface area contributed by atoms with Gasteiger partial charge in [-0.1, -0.05) is 6.07 Å². The van der Waals surface area contributed by atoms with E-state index >= 15 is 0 Å². The number of aliphatic hydroxyl groups is 4. The van der Waals surface area contributed by atoms with E-state index in [2.05, 4.69) is 15.3 Å². The molecule has 2 aliphatic rings. The Bertz CT molecular complexity index is 863. The minimum atomic E-state index is -1.60. The highest BCUT2D eigenvalue weighted by atomic mass is 16.4. The number of nitrogens with one attached hydrogen (secondary N) is 1. The lowest BCUT2D eigenvalue weighted by Gasteiger charge is -2.31. The average molecular weight is 375 g/mol. The zero-order valence-electron chi connectivity index (χ0n) is 14.9. The first-order chi connectivity index (χ1) is 12.7. The molecule has 2 heterocycles. The Hall–Kier alpha value is -2.46. The average Bonchev–Trinajstić information content (AvgIpc) is 2.62. The fraction of sp³-hybridized carbons (Fsp3) is 0.444. The van der Waals surface area contributed by atoms with Gasteiger partial charge in [0.15, 0.2) is 5.71 Å². The van der Waals surface area contributed by atoms with E-state index in [1.54, 1.807) is 6.07 Å². The van der Waals surface area contributed by atoms with Crippen LogP contribution in [0.25, 0.3) is 0 Å². The summed E-state index contributed by atoms with van der Waals surface area (Å²) in [6.07, 6.45) is -4.66. The van der Waals surface area contributed by atoms with Crippen molar-refractivity contribution >= 4 is 29.0 Å². The summed E-state index contributed by atoms with van der Waals surface area (Å²) in [6, 6.07) is 2.82. The van der Waals surface area contributed by atoms with Gasteiger partial charge >= 0.3 is 6.03 Å². The second kappa shape index (κ2) is 7.28. The van der Waals surface area contributed by atoms with Gasteiger partial charge < -0.3 is 20.4 Å². The minimum absolute atomic E-state index is 0.0141. The molecule has 9 heteroatoms. The van der Waals surface area contributed by atoms with Crippen LogP contribution < -0.4 is 5.32 Å². The van der Waals surface area contributed by atoms with Crippen LogP contribution in [0.2, 0.25) is 0 Å². The Kier molecular flexibility index (Phi) is 5.20. The molecule has 9 nitrogen and oxygen atoms in total. The van der Waals surface area contributed by atoms with Crippen molar-refractivity contribution in [1.29, 1.82) is 0 Å². The lowest BCUT2D eigenvalue weighted by atomic mass is 9.80. The molecule has 4 unspecified atom stereocenters. The van der Waals surface area contributed by atoms with Crippen LogP contribution in [-0.4, -0.2) is 68.7 Å². The van der Waals surface area contributed by atoms with Gasteiger partial charge in [-0.05, 0) is 43.0 Å². The van der Waals surface area contributed by atoms with Crippen LogP contribution in [0.5, 0.6) is 0 Å². The lowest BCUT2D eigenvalue weighted by molar-refractivity contribution is -0.113. The van der Waals surface area contributed by atoms with Gasteiger partial charge in [-0.2, -0.15) is 4.99 Å². The third kappa shape index (κ3) is 3.54. The number of fused-ring (bicyclic) bond motifs is 2. The van der Waals surface area contributed by atoms with Gasteiger partial charge in [0, 0.05) is 5.92 Å². The van der Waals surface area contributed by atoms with Crippen molar-refractivity contribution in [3.63, 3.8) is 0 Å². The van der Waals surface area contributed by atoms with Crippen molar-refractivity contribution in [3.8, 4) is 0 Å². The number of nitrogens with zero attached hydrogens (tertiary/aromatic N) is 2. The zero-order valence-corrected chi connectivity index (χ0v) is 14.9. The number of hydrogen-bond donors (Lipinski definition) is 5. The zero-order chi connectivity index (χ0) is 19.9. The van der Waals surface area contributed by atoms with Gasteiger partial charge in [-0.3, -0.25) is 10.1 Å². The number of hydrogen-bond acceptors (Lipinski definition) is 7. The van der Waals surface area contributed by atoms with Gasteiger partial charge in [0.1, 0.15) is 12.2 Å². The predicted molar refractivity (Wildman–Crippen MR) is 96.4 cm³/mol. The maximum absolute atomic E-state index is 12.2. The number of urea groups is 1. The van der Waals surface area contributed by atoms with Crippen LogP contribution in [0.1, 0.15) is 29.0 Å². The van der Waals surface area contributed by atoms with Gasteiger partial charge in [0.2, 0.25) is 0 Å². The smallest absolute Gasteiger partial charge is 0.348 e. The molecule has 1 aromatic carbocycles.